The fourth-order valence-corrected chi connectivity index (χ4v) is 4.07. The summed E-state index contributed by atoms with van der Waals surface area (Å²) in [6.07, 6.45) is 0. The van der Waals surface area contributed by atoms with Gasteiger partial charge in [0.1, 0.15) is 5.82 Å². The summed E-state index contributed by atoms with van der Waals surface area (Å²) in [5.41, 5.74) is 1.55. The van der Waals surface area contributed by atoms with Crippen LogP contribution in [0, 0.1) is 12.7 Å². The van der Waals surface area contributed by atoms with E-state index < -0.39 is 21.7 Å². The topological polar surface area (TPSA) is 75.3 Å². The lowest BCUT2D eigenvalue weighted by molar-refractivity contribution is 0.0952. The number of anilines is 1. The van der Waals surface area contributed by atoms with Gasteiger partial charge in [0.2, 0.25) is 0 Å². The number of aryl methyl sites for hydroxylation is 1. The van der Waals surface area contributed by atoms with E-state index in [4.69, 9.17) is 0 Å². The molecule has 144 valence electrons. The highest BCUT2D eigenvalue weighted by atomic mass is 32.2. The second-order valence-corrected chi connectivity index (χ2v) is 7.88. The Hall–Kier alpha value is -3.19. The molecule has 0 fully saturated rings. The minimum atomic E-state index is -3.98. The summed E-state index contributed by atoms with van der Waals surface area (Å²) in [4.78, 5) is 12.5. The zero-order valence-corrected chi connectivity index (χ0v) is 16.0. The van der Waals surface area contributed by atoms with Crippen LogP contribution in [0.4, 0.5) is 10.1 Å². The predicted molar refractivity (Wildman–Crippen MR) is 106 cm³/mol. The van der Waals surface area contributed by atoms with Crippen LogP contribution < -0.4 is 10.0 Å². The van der Waals surface area contributed by atoms with E-state index in [0.29, 0.717) is 6.54 Å². The van der Waals surface area contributed by atoms with Crippen LogP contribution in [0.15, 0.2) is 77.7 Å². The summed E-state index contributed by atoms with van der Waals surface area (Å²) >= 11 is 0. The number of benzene rings is 3. The molecule has 0 aliphatic carbocycles. The van der Waals surface area contributed by atoms with E-state index in [0.717, 1.165) is 17.7 Å². The van der Waals surface area contributed by atoms with Gasteiger partial charge in [-0.2, -0.15) is 0 Å². The number of hydrogen-bond donors (Lipinski definition) is 2. The molecule has 2 N–H and O–H groups in total. The Balaban J connectivity index is 1.82. The SMILES string of the molecule is Cc1cc(F)ccc1S(=O)(=O)Nc1ccccc1C(=O)NCc1ccccc1. The van der Waals surface area contributed by atoms with E-state index >= 15 is 0 Å². The third-order valence-electron chi connectivity index (χ3n) is 4.14. The van der Waals surface area contributed by atoms with Crippen LogP contribution in [0.1, 0.15) is 21.5 Å². The predicted octanol–water partition coefficient (Wildman–Crippen LogP) is 3.86. The Bertz CT molecular complexity index is 1100. The molecule has 3 rings (SSSR count). The summed E-state index contributed by atoms with van der Waals surface area (Å²) in [6, 6.07) is 19.1. The molecule has 0 saturated heterocycles. The lowest BCUT2D eigenvalue weighted by Crippen LogP contribution is -2.25. The standard InChI is InChI=1S/C21H19FN2O3S/c1-15-13-17(22)11-12-20(15)28(26,27)24-19-10-6-5-9-18(19)21(25)23-14-16-7-3-2-4-8-16/h2-13,24H,14H2,1H3,(H,23,25). The number of hydrogen-bond acceptors (Lipinski definition) is 3. The van der Waals surface area contributed by atoms with Gasteiger partial charge < -0.3 is 5.32 Å². The molecule has 0 saturated carbocycles. The third kappa shape index (κ3) is 4.55. The molecule has 3 aromatic rings. The van der Waals surface area contributed by atoms with Gasteiger partial charge in [0.15, 0.2) is 0 Å². The second-order valence-electron chi connectivity index (χ2n) is 6.23. The van der Waals surface area contributed by atoms with Crippen molar-refractivity contribution in [2.75, 3.05) is 4.72 Å². The van der Waals surface area contributed by atoms with Gasteiger partial charge in [-0.15, -0.1) is 0 Å². The number of para-hydroxylation sites is 1. The number of rotatable bonds is 6. The molecule has 0 atom stereocenters. The number of sulfonamides is 1. The first-order chi connectivity index (χ1) is 13.4. The van der Waals surface area contributed by atoms with Crippen LogP contribution in [-0.2, 0) is 16.6 Å². The van der Waals surface area contributed by atoms with Crippen molar-refractivity contribution in [2.45, 2.75) is 18.4 Å². The van der Waals surface area contributed by atoms with E-state index in [1.807, 2.05) is 30.3 Å². The van der Waals surface area contributed by atoms with E-state index in [9.17, 15) is 17.6 Å². The molecule has 0 bridgehead atoms. The first kappa shape index (κ1) is 19.6. The molecule has 0 aliphatic heterocycles. The molecule has 0 aromatic heterocycles. The number of carbonyl (C=O) groups is 1. The molecule has 0 unspecified atom stereocenters. The van der Waals surface area contributed by atoms with Crippen molar-refractivity contribution in [3.05, 3.63) is 95.3 Å². The van der Waals surface area contributed by atoms with Gasteiger partial charge in [0, 0.05) is 6.54 Å². The average molecular weight is 398 g/mol. The summed E-state index contributed by atoms with van der Waals surface area (Å²) in [6.45, 7) is 1.83. The lowest BCUT2D eigenvalue weighted by atomic mass is 10.1. The first-order valence-corrected chi connectivity index (χ1v) is 10.1. The lowest BCUT2D eigenvalue weighted by Gasteiger charge is -2.14. The molecule has 3 aromatic carbocycles. The van der Waals surface area contributed by atoms with Gasteiger partial charge in [0.05, 0.1) is 16.1 Å². The Morgan fingerprint density at radius 2 is 1.64 bits per heavy atom. The highest BCUT2D eigenvalue weighted by Gasteiger charge is 2.20. The van der Waals surface area contributed by atoms with Crippen molar-refractivity contribution in [1.82, 2.24) is 5.32 Å². The number of amides is 1. The Morgan fingerprint density at radius 3 is 2.36 bits per heavy atom. The van der Waals surface area contributed by atoms with Gasteiger partial charge in [0.25, 0.3) is 15.9 Å². The Kier molecular flexibility index (Phi) is 5.75. The van der Waals surface area contributed by atoms with Crippen LogP contribution in [0.5, 0.6) is 0 Å². The second kappa shape index (κ2) is 8.22. The van der Waals surface area contributed by atoms with E-state index in [2.05, 4.69) is 10.0 Å². The van der Waals surface area contributed by atoms with Crippen LogP contribution >= 0.6 is 0 Å². The summed E-state index contributed by atoms with van der Waals surface area (Å²) < 4.78 is 41.2. The van der Waals surface area contributed by atoms with Gasteiger partial charge in [-0.1, -0.05) is 42.5 Å². The maximum Gasteiger partial charge on any atom is 0.262 e. The number of nitrogens with one attached hydrogen (secondary N) is 2. The summed E-state index contributed by atoms with van der Waals surface area (Å²) in [5.74, 6) is -0.921. The van der Waals surface area contributed by atoms with E-state index in [1.54, 1.807) is 12.1 Å². The Labute approximate surface area is 163 Å². The molecule has 28 heavy (non-hydrogen) atoms. The van der Waals surface area contributed by atoms with Crippen LogP contribution in [0.25, 0.3) is 0 Å². The highest BCUT2D eigenvalue weighted by molar-refractivity contribution is 7.92. The minimum Gasteiger partial charge on any atom is -0.348 e. The van der Waals surface area contributed by atoms with Crippen molar-refractivity contribution in [3.8, 4) is 0 Å². The maximum atomic E-state index is 13.3. The van der Waals surface area contributed by atoms with Crippen molar-refractivity contribution < 1.29 is 17.6 Å². The van der Waals surface area contributed by atoms with Gasteiger partial charge in [-0.3, -0.25) is 9.52 Å². The fourth-order valence-electron chi connectivity index (χ4n) is 2.76. The largest absolute Gasteiger partial charge is 0.348 e. The highest BCUT2D eigenvalue weighted by Crippen LogP contribution is 2.23. The van der Waals surface area contributed by atoms with Crippen molar-refractivity contribution in [2.24, 2.45) is 0 Å². The number of halogens is 1. The van der Waals surface area contributed by atoms with Crippen molar-refractivity contribution in [1.29, 1.82) is 0 Å². The van der Waals surface area contributed by atoms with Crippen molar-refractivity contribution >= 4 is 21.6 Å². The van der Waals surface area contributed by atoms with Crippen LogP contribution in [0.2, 0.25) is 0 Å². The van der Waals surface area contributed by atoms with E-state index in [1.165, 1.54) is 25.1 Å². The fraction of sp³-hybridized carbons (Fsp3) is 0.0952. The summed E-state index contributed by atoms with van der Waals surface area (Å²) in [7, 11) is -3.98. The molecule has 5 nitrogen and oxygen atoms in total. The maximum absolute atomic E-state index is 13.3. The average Bonchev–Trinajstić information content (AvgIpc) is 2.66. The van der Waals surface area contributed by atoms with E-state index in [-0.39, 0.29) is 21.7 Å². The van der Waals surface area contributed by atoms with Crippen molar-refractivity contribution in [3.63, 3.8) is 0 Å². The van der Waals surface area contributed by atoms with Crippen LogP contribution in [-0.4, -0.2) is 14.3 Å². The Morgan fingerprint density at radius 1 is 0.964 bits per heavy atom. The minimum absolute atomic E-state index is 0.0478. The molecular weight excluding hydrogens is 379 g/mol. The zero-order valence-electron chi connectivity index (χ0n) is 15.1. The van der Waals surface area contributed by atoms with Crippen LogP contribution in [0.3, 0.4) is 0 Å². The smallest absolute Gasteiger partial charge is 0.262 e. The number of carbonyl (C=O) groups excluding carboxylic acids is 1. The molecule has 7 heteroatoms. The monoisotopic (exact) mass is 398 g/mol. The van der Waals surface area contributed by atoms with Gasteiger partial charge in [-0.05, 0) is 48.4 Å². The summed E-state index contributed by atoms with van der Waals surface area (Å²) in [5, 5.41) is 2.78. The normalized spacial score (nSPS) is 11.1. The molecule has 1 amide bonds. The molecule has 0 radical (unpaired) electrons. The van der Waals surface area contributed by atoms with Gasteiger partial charge in [-0.25, -0.2) is 12.8 Å². The molecule has 0 spiro atoms. The van der Waals surface area contributed by atoms with Gasteiger partial charge >= 0.3 is 0 Å². The first-order valence-electron chi connectivity index (χ1n) is 8.57. The zero-order chi connectivity index (χ0) is 20.1. The quantitative estimate of drug-likeness (QED) is 0.662. The molecular formula is C21H19FN2O3S. The molecule has 0 aliphatic rings. The third-order valence-corrected chi connectivity index (χ3v) is 5.66. The molecule has 0 heterocycles.